The van der Waals surface area contributed by atoms with Crippen LogP contribution in [0.2, 0.25) is 5.04 Å². The van der Waals surface area contributed by atoms with E-state index in [1.54, 1.807) is 11.3 Å². The lowest BCUT2D eigenvalue weighted by Gasteiger charge is -2.43. The van der Waals surface area contributed by atoms with Gasteiger partial charge in [0.15, 0.2) is 0 Å². The number of benzene rings is 4. The third-order valence-corrected chi connectivity index (χ3v) is 15.0. The average molecular weight is 688 g/mol. The number of anilines is 1. The second kappa shape index (κ2) is 18.2. The number of unbranched alkanes of at least 4 members (excludes halogenated alkanes) is 3. The summed E-state index contributed by atoms with van der Waals surface area (Å²) in [4.78, 5) is 3.79. The van der Waals surface area contributed by atoms with Crippen molar-refractivity contribution in [3.8, 4) is 5.75 Å². The van der Waals surface area contributed by atoms with Crippen LogP contribution in [0.4, 0.5) is 5.69 Å². The fraction of sp³-hybridized carbons (Fsp3) is 0.318. The Morgan fingerprint density at radius 1 is 0.694 bits per heavy atom. The van der Waals surface area contributed by atoms with Crippen molar-refractivity contribution >= 4 is 47.9 Å². The molecule has 256 valence electrons. The molecule has 0 radical (unpaired) electrons. The Kier molecular flexibility index (Phi) is 13.5. The lowest BCUT2D eigenvalue weighted by Crippen LogP contribution is -2.66. The molecule has 0 amide bonds. The van der Waals surface area contributed by atoms with Crippen LogP contribution in [0.3, 0.4) is 0 Å². The summed E-state index contributed by atoms with van der Waals surface area (Å²) in [7, 11) is -2.53. The fourth-order valence-corrected chi connectivity index (χ4v) is 11.8. The number of hydrogen-bond donors (Lipinski definition) is 0. The van der Waals surface area contributed by atoms with Crippen LogP contribution in [0.15, 0.2) is 127 Å². The second-order valence-corrected chi connectivity index (χ2v) is 19.0. The highest BCUT2D eigenvalue weighted by atomic mass is 32.1. The zero-order valence-corrected chi connectivity index (χ0v) is 31.6. The Morgan fingerprint density at radius 3 is 1.92 bits per heavy atom. The second-order valence-electron chi connectivity index (χ2n) is 13.8. The van der Waals surface area contributed by atoms with Crippen LogP contribution in [0.1, 0.15) is 75.8 Å². The molecule has 0 bridgehead atoms. The van der Waals surface area contributed by atoms with E-state index in [1.807, 2.05) is 6.07 Å². The van der Waals surface area contributed by atoms with Crippen molar-refractivity contribution < 1.29 is 9.16 Å². The van der Waals surface area contributed by atoms with Gasteiger partial charge < -0.3 is 14.1 Å². The summed E-state index contributed by atoms with van der Waals surface area (Å²) < 4.78 is 13.7. The fourth-order valence-electron chi connectivity index (χ4n) is 6.59. The topological polar surface area (TPSA) is 21.7 Å². The summed E-state index contributed by atoms with van der Waals surface area (Å²) >= 11 is 1.75. The maximum atomic E-state index is 7.21. The molecule has 0 atom stereocenters. The highest BCUT2D eigenvalue weighted by Crippen LogP contribution is 2.37. The van der Waals surface area contributed by atoms with Crippen LogP contribution in [-0.4, -0.2) is 28.0 Å². The van der Waals surface area contributed by atoms with E-state index < -0.39 is 8.32 Å². The molecule has 3 nitrogen and oxygen atoms in total. The summed E-state index contributed by atoms with van der Waals surface area (Å²) in [5.74, 6) is 0.921. The monoisotopic (exact) mass is 687 g/mol. The lowest BCUT2D eigenvalue weighted by atomic mass is 10.1. The number of rotatable bonds is 18. The predicted molar refractivity (Wildman–Crippen MR) is 215 cm³/mol. The van der Waals surface area contributed by atoms with Crippen LogP contribution in [-0.2, 0) is 11.0 Å². The smallest absolute Gasteiger partial charge is 0.261 e. The molecule has 1 heterocycles. The van der Waals surface area contributed by atoms with Gasteiger partial charge in [-0.1, -0.05) is 138 Å². The number of nitrogens with zero attached hydrogens (tertiary/aromatic N) is 1. The molecule has 0 aliphatic heterocycles. The normalized spacial score (nSPS) is 12.0. The largest absolute Gasteiger partial charge is 0.488 e. The van der Waals surface area contributed by atoms with E-state index >= 15 is 0 Å². The summed E-state index contributed by atoms with van der Waals surface area (Å²) in [5.41, 5.74) is 3.49. The van der Waals surface area contributed by atoms with Crippen LogP contribution >= 0.6 is 11.3 Å². The van der Waals surface area contributed by atoms with Crippen molar-refractivity contribution in [2.24, 2.45) is 0 Å². The molecule has 0 fully saturated rings. The van der Waals surface area contributed by atoms with Gasteiger partial charge in [0.2, 0.25) is 0 Å². The van der Waals surface area contributed by atoms with Gasteiger partial charge in [-0.2, -0.15) is 0 Å². The Labute approximate surface area is 300 Å². The van der Waals surface area contributed by atoms with Gasteiger partial charge in [-0.3, -0.25) is 0 Å². The van der Waals surface area contributed by atoms with Gasteiger partial charge in [0.1, 0.15) is 12.4 Å². The Morgan fingerprint density at radius 2 is 1.33 bits per heavy atom. The molecule has 4 aromatic carbocycles. The highest BCUT2D eigenvalue weighted by molar-refractivity contribution is 7.10. The zero-order chi connectivity index (χ0) is 34.4. The SMILES string of the molecule is CCCCCN(CCCCO[Si](c1ccccc1)(c1ccccc1)C(C)(C)C)c1ccc(/C=C/c2cccs2)c(OCc2ccccc2)c1. The van der Waals surface area contributed by atoms with Crippen molar-refractivity contribution in [3.63, 3.8) is 0 Å². The molecule has 0 spiro atoms. The van der Waals surface area contributed by atoms with Gasteiger partial charge in [0, 0.05) is 41.9 Å². The molecule has 0 aliphatic carbocycles. The van der Waals surface area contributed by atoms with E-state index in [4.69, 9.17) is 9.16 Å². The predicted octanol–water partition coefficient (Wildman–Crippen LogP) is 10.9. The van der Waals surface area contributed by atoms with Crippen molar-refractivity contribution in [1.29, 1.82) is 0 Å². The molecule has 0 aliphatic rings. The molecule has 1 aromatic heterocycles. The van der Waals surface area contributed by atoms with E-state index in [2.05, 4.69) is 165 Å². The first-order valence-corrected chi connectivity index (χ1v) is 20.7. The molecule has 0 saturated heterocycles. The van der Waals surface area contributed by atoms with E-state index in [0.29, 0.717) is 6.61 Å². The highest BCUT2D eigenvalue weighted by Gasteiger charge is 2.49. The van der Waals surface area contributed by atoms with Crippen LogP contribution < -0.4 is 20.0 Å². The minimum Gasteiger partial charge on any atom is -0.488 e. The van der Waals surface area contributed by atoms with E-state index in [0.717, 1.165) is 43.9 Å². The minimum absolute atomic E-state index is 0.0161. The maximum absolute atomic E-state index is 7.21. The van der Waals surface area contributed by atoms with Crippen molar-refractivity contribution in [3.05, 3.63) is 143 Å². The lowest BCUT2D eigenvalue weighted by molar-refractivity contribution is 0.288. The van der Waals surface area contributed by atoms with Gasteiger partial charge in [0.25, 0.3) is 8.32 Å². The van der Waals surface area contributed by atoms with Gasteiger partial charge in [-0.15, -0.1) is 11.3 Å². The minimum atomic E-state index is -2.53. The van der Waals surface area contributed by atoms with Crippen molar-refractivity contribution in [1.82, 2.24) is 0 Å². The molecule has 49 heavy (non-hydrogen) atoms. The van der Waals surface area contributed by atoms with Crippen molar-refractivity contribution in [2.75, 3.05) is 24.6 Å². The molecule has 5 aromatic rings. The van der Waals surface area contributed by atoms with Crippen molar-refractivity contribution in [2.45, 2.75) is 71.4 Å². The van der Waals surface area contributed by atoms with E-state index in [-0.39, 0.29) is 5.04 Å². The van der Waals surface area contributed by atoms with Crippen LogP contribution in [0.25, 0.3) is 12.2 Å². The van der Waals surface area contributed by atoms with E-state index in [1.165, 1.54) is 45.8 Å². The standard InChI is InChI=1S/C44H53NO2SSi/c1-5-6-16-31-45(32-17-18-33-47-49(44(2,3)4,41-23-12-8-13-24-41)42-25-14-9-15-26-42)39-29-27-38(28-30-40-22-19-34-48-40)43(35-39)46-36-37-20-10-7-11-21-37/h7-15,19-30,34-35H,5-6,16-18,31-33,36H2,1-4H3/b30-28+. The first-order valence-electron chi connectivity index (χ1n) is 17.9. The molecule has 5 heteroatoms. The number of ether oxygens (including phenoxy) is 1. The molecule has 0 saturated carbocycles. The van der Waals surface area contributed by atoms with Gasteiger partial charge in [-0.25, -0.2) is 0 Å². The Balaban J connectivity index is 1.32. The summed E-state index contributed by atoms with van der Waals surface area (Å²) in [5, 5.41) is 4.78. The molecular formula is C44H53NO2SSi. The Bertz CT molecular complexity index is 1640. The first-order chi connectivity index (χ1) is 23.9. The average Bonchev–Trinajstić information content (AvgIpc) is 3.65. The van der Waals surface area contributed by atoms with Gasteiger partial charge in [-0.05, 0) is 76.0 Å². The first kappa shape index (κ1) is 36.4. The molecule has 5 rings (SSSR count). The summed E-state index contributed by atoms with van der Waals surface area (Å²) in [6, 6.07) is 43.3. The van der Waals surface area contributed by atoms with E-state index in [9.17, 15) is 0 Å². The van der Waals surface area contributed by atoms with Gasteiger partial charge in [0.05, 0.1) is 0 Å². The number of hydrogen-bond acceptors (Lipinski definition) is 4. The number of thiophene rings is 1. The van der Waals surface area contributed by atoms with Crippen LogP contribution in [0, 0.1) is 0 Å². The van der Waals surface area contributed by atoms with Gasteiger partial charge >= 0.3 is 0 Å². The Hall–Kier alpha value is -3.90. The zero-order valence-electron chi connectivity index (χ0n) is 29.8. The summed E-state index contributed by atoms with van der Waals surface area (Å²) in [6.45, 7) is 12.6. The third-order valence-electron chi connectivity index (χ3n) is 9.16. The quantitative estimate of drug-likeness (QED) is 0.0676. The molecule has 0 unspecified atom stereocenters. The molecular weight excluding hydrogens is 635 g/mol. The maximum Gasteiger partial charge on any atom is 0.261 e. The third kappa shape index (κ3) is 9.84. The molecule has 0 N–H and O–H groups in total. The van der Waals surface area contributed by atoms with Crippen LogP contribution in [0.5, 0.6) is 5.75 Å². The summed E-state index contributed by atoms with van der Waals surface area (Å²) in [6.07, 6.45) is 10.0.